The quantitative estimate of drug-likeness (QED) is 0.285. The Balaban J connectivity index is 1.84. The Morgan fingerprint density at radius 2 is 1.63 bits per heavy atom. The standard InChI is InChI=1S/C28H30BrClN2O2S/c1-20(2)31-28(34)26(16-21-7-4-3-5-8-21)32(17-23-9-6-10-25(30)15-23)27(33)19-35-18-22-11-13-24(29)14-12-22/h3-15,20,26H,16-19H2,1-2H3,(H,31,34)/t26-/m0/s1. The topological polar surface area (TPSA) is 49.4 Å². The average Bonchev–Trinajstić information content (AvgIpc) is 2.82. The molecule has 3 rings (SSSR count). The maximum atomic E-state index is 13.6. The van der Waals surface area contributed by atoms with Crippen LogP contribution in [0.4, 0.5) is 0 Å². The zero-order chi connectivity index (χ0) is 25.2. The van der Waals surface area contributed by atoms with Gasteiger partial charge in [-0.1, -0.05) is 82.1 Å². The van der Waals surface area contributed by atoms with Crippen molar-refractivity contribution in [2.45, 2.75) is 44.6 Å². The van der Waals surface area contributed by atoms with E-state index in [1.54, 1.807) is 22.7 Å². The fourth-order valence-corrected chi connectivity index (χ4v) is 5.03. The molecule has 0 saturated heterocycles. The molecule has 35 heavy (non-hydrogen) atoms. The van der Waals surface area contributed by atoms with Crippen molar-refractivity contribution in [1.82, 2.24) is 10.2 Å². The normalized spacial score (nSPS) is 11.8. The first-order valence-electron chi connectivity index (χ1n) is 11.5. The van der Waals surface area contributed by atoms with Gasteiger partial charge in [-0.3, -0.25) is 9.59 Å². The Bertz CT molecular complexity index is 1110. The van der Waals surface area contributed by atoms with Crippen LogP contribution in [-0.4, -0.2) is 34.6 Å². The molecule has 7 heteroatoms. The molecule has 2 amide bonds. The zero-order valence-corrected chi connectivity index (χ0v) is 23.1. The second-order valence-electron chi connectivity index (χ2n) is 8.64. The first-order valence-corrected chi connectivity index (χ1v) is 13.8. The number of thioether (sulfide) groups is 1. The predicted molar refractivity (Wildman–Crippen MR) is 150 cm³/mol. The number of halogens is 2. The average molecular weight is 574 g/mol. The van der Waals surface area contributed by atoms with Gasteiger partial charge in [-0.2, -0.15) is 0 Å². The van der Waals surface area contributed by atoms with Crippen molar-refractivity contribution < 1.29 is 9.59 Å². The molecule has 0 unspecified atom stereocenters. The molecular formula is C28H30BrClN2O2S. The highest BCUT2D eigenvalue weighted by Crippen LogP contribution is 2.21. The minimum absolute atomic E-state index is 0.0318. The molecule has 0 aliphatic rings. The lowest BCUT2D eigenvalue weighted by Crippen LogP contribution is -2.52. The molecule has 0 radical (unpaired) electrons. The van der Waals surface area contributed by atoms with Gasteiger partial charge in [-0.15, -0.1) is 11.8 Å². The first kappa shape index (κ1) is 27.3. The van der Waals surface area contributed by atoms with Crippen LogP contribution in [0.2, 0.25) is 5.02 Å². The molecule has 1 N–H and O–H groups in total. The summed E-state index contributed by atoms with van der Waals surface area (Å²) in [5.74, 6) is 0.756. The fraction of sp³-hybridized carbons (Fsp3) is 0.286. The molecule has 184 valence electrons. The number of amides is 2. The van der Waals surface area contributed by atoms with Gasteiger partial charge in [0.2, 0.25) is 11.8 Å². The minimum Gasteiger partial charge on any atom is -0.352 e. The van der Waals surface area contributed by atoms with Crippen molar-refractivity contribution in [2.24, 2.45) is 0 Å². The van der Waals surface area contributed by atoms with Gasteiger partial charge in [0.05, 0.1) is 5.75 Å². The minimum atomic E-state index is -0.639. The predicted octanol–water partition coefficient (Wildman–Crippen LogP) is 6.50. The first-order chi connectivity index (χ1) is 16.8. The molecule has 1 atom stereocenters. The van der Waals surface area contributed by atoms with Gasteiger partial charge in [0, 0.05) is 34.3 Å². The van der Waals surface area contributed by atoms with Crippen molar-refractivity contribution in [2.75, 3.05) is 5.75 Å². The number of nitrogens with one attached hydrogen (secondary N) is 1. The van der Waals surface area contributed by atoms with Crippen LogP contribution in [0.15, 0.2) is 83.3 Å². The maximum Gasteiger partial charge on any atom is 0.243 e. The fourth-order valence-electron chi connectivity index (χ4n) is 3.69. The molecule has 0 saturated carbocycles. The SMILES string of the molecule is CC(C)NC(=O)[C@H](Cc1ccccc1)N(Cc1cccc(Cl)c1)C(=O)CSCc1ccc(Br)cc1. The Morgan fingerprint density at radius 1 is 0.943 bits per heavy atom. The highest BCUT2D eigenvalue weighted by molar-refractivity contribution is 9.10. The highest BCUT2D eigenvalue weighted by atomic mass is 79.9. The summed E-state index contributed by atoms with van der Waals surface area (Å²) in [4.78, 5) is 28.6. The third-order valence-electron chi connectivity index (χ3n) is 5.35. The monoisotopic (exact) mass is 572 g/mol. The van der Waals surface area contributed by atoms with E-state index in [-0.39, 0.29) is 23.6 Å². The Kier molecular flexibility index (Phi) is 10.7. The third-order valence-corrected chi connectivity index (χ3v) is 7.10. The summed E-state index contributed by atoms with van der Waals surface area (Å²) in [6.45, 7) is 4.16. The zero-order valence-electron chi connectivity index (χ0n) is 19.9. The summed E-state index contributed by atoms with van der Waals surface area (Å²) in [5, 5.41) is 3.62. The number of carbonyl (C=O) groups is 2. The van der Waals surface area contributed by atoms with Gasteiger partial charge in [0.25, 0.3) is 0 Å². The van der Waals surface area contributed by atoms with Gasteiger partial charge in [-0.05, 0) is 54.8 Å². The molecule has 0 spiro atoms. The van der Waals surface area contributed by atoms with Crippen LogP contribution >= 0.6 is 39.3 Å². The van der Waals surface area contributed by atoms with Crippen LogP contribution in [-0.2, 0) is 28.3 Å². The van der Waals surface area contributed by atoms with Crippen LogP contribution in [0.3, 0.4) is 0 Å². The van der Waals surface area contributed by atoms with Crippen molar-refractivity contribution in [3.8, 4) is 0 Å². The summed E-state index contributed by atoms with van der Waals surface area (Å²) in [6.07, 6.45) is 0.434. The molecule has 3 aromatic rings. The molecule has 0 bridgehead atoms. The molecule has 0 fully saturated rings. The Morgan fingerprint density at radius 3 is 2.29 bits per heavy atom. The number of carbonyl (C=O) groups excluding carboxylic acids is 2. The lowest BCUT2D eigenvalue weighted by molar-refractivity contribution is -0.139. The van der Waals surface area contributed by atoms with E-state index in [0.29, 0.717) is 23.7 Å². The van der Waals surface area contributed by atoms with Crippen LogP contribution in [0.25, 0.3) is 0 Å². The van der Waals surface area contributed by atoms with Gasteiger partial charge in [0.15, 0.2) is 0 Å². The number of hydrogen-bond donors (Lipinski definition) is 1. The van der Waals surface area contributed by atoms with Crippen LogP contribution < -0.4 is 5.32 Å². The summed E-state index contributed by atoms with van der Waals surface area (Å²) in [7, 11) is 0. The molecule has 3 aromatic carbocycles. The second-order valence-corrected chi connectivity index (χ2v) is 11.0. The third kappa shape index (κ3) is 9.02. The van der Waals surface area contributed by atoms with Crippen molar-refractivity contribution in [1.29, 1.82) is 0 Å². The van der Waals surface area contributed by atoms with E-state index in [1.165, 1.54) is 0 Å². The molecule has 4 nitrogen and oxygen atoms in total. The van der Waals surface area contributed by atoms with Crippen molar-refractivity contribution >= 4 is 51.1 Å². The van der Waals surface area contributed by atoms with Crippen LogP contribution in [0.5, 0.6) is 0 Å². The van der Waals surface area contributed by atoms with E-state index in [1.807, 2.05) is 86.6 Å². The van der Waals surface area contributed by atoms with E-state index in [4.69, 9.17) is 11.6 Å². The van der Waals surface area contributed by atoms with Crippen molar-refractivity contribution in [3.05, 3.63) is 105 Å². The maximum absolute atomic E-state index is 13.6. The van der Waals surface area contributed by atoms with E-state index in [2.05, 4.69) is 21.2 Å². The van der Waals surface area contributed by atoms with Crippen LogP contribution in [0, 0.1) is 0 Å². The van der Waals surface area contributed by atoms with Gasteiger partial charge < -0.3 is 10.2 Å². The summed E-state index contributed by atoms with van der Waals surface area (Å²) >= 11 is 11.2. The van der Waals surface area contributed by atoms with E-state index in [9.17, 15) is 9.59 Å². The van der Waals surface area contributed by atoms with Gasteiger partial charge >= 0.3 is 0 Å². The smallest absolute Gasteiger partial charge is 0.243 e. The molecule has 0 heterocycles. The van der Waals surface area contributed by atoms with Gasteiger partial charge in [0.1, 0.15) is 6.04 Å². The van der Waals surface area contributed by atoms with E-state index in [0.717, 1.165) is 21.2 Å². The van der Waals surface area contributed by atoms with Crippen LogP contribution in [0.1, 0.15) is 30.5 Å². The van der Waals surface area contributed by atoms with E-state index >= 15 is 0 Å². The highest BCUT2D eigenvalue weighted by Gasteiger charge is 2.30. The lowest BCUT2D eigenvalue weighted by Gasteiger charge is -2.32. The second kappa shape index (κ2) is 13.7. The van der Waals surface area contributed by atoms with E-state index < -0.39 is 6.04 Å². The summed E-state index contributed by atoms with van der Waals surface area (Å²) in [6, 6.07) is 24.7. The Hall–Kier alpha value is -2.28. The molecule has 0 aliphatic heterocycles. The summed E-state index contributed by atoms with van der Waals surface area (Å²) < 4.78 is 1.02. The number of nitrogens with zero attached hydrogens (tertiary/aromatic N) is 1. The van der Waals surface area contributed by atoms with Crippen molar-refractivity contribution in [3.63, 3.8) is 0 Å². The molecule has 0 aromatic heterocycles. The molecule has 0 aliphatic carbocycles. The molecular weight excluding hydrogens is 544 g/mol. The Labute approximate surface area is 225 Å². The summed E-state index contributed by atoms with van der Waals surface area (Å²) in [5.41, 5.74) is 3.03. The number of rotatable bonds is 11. The number of hydrogen-bond acceptors (Lipinski definition) is 3. The lowest BCUT2D eigenvalue weighted by atomic mass is 10.0. The largest absolute Gasteiger partial charge is 0.352 e. The van der Waals surface area contributed by atoms with Gasteiger partial charge in [-0.25, -0.2) is 0 Å². The number of benzene rings is 3.